The molecule has 1 N–H and O–H groups in total. The van der Waals surface area contributed by atoms with Gasteiger partial charge in [0.2, 0.25) is 5.91 Å². The number of halogens is 1. The van der Waals surface area contributed by atoms with Crippen molar-refractivity contribution in [3.8, 4) is 0 Å². The monoisotopic (exact) mass is 463 g/mol. The van der Waals surface area contributed by atoms with Crippen molar-refractivity contribution in [2.75, 3.05) is 19.6 Å². The van der Waals surface area contributed by atoms with E-state index in [0.29, 0.717) is 13.0 Å². The molecule has 0 saturated carbocycles. The third-order valence-corrected chi connectivity index (χ3v) is 6.12. The maximum Gasteiger partial charge on any atom is 0.220 e. The van der Waals surface area contributed by atoms with Crippen LogP contribution in [0.2, 0.25) is 0 Å². The van der Waals surface area contributed by atoms with Crippen molar-refractivity contribution in [3.05, 3.63) is 88.5 Å². The topological polar surface area (TPSA) is 63.1 Å². The molecule has 0 fully saturated rings. The number of aryl methyl sites for hydroxylation is 1. The Hall–Kier alpha value is -2.96. The van der Waals surface area contributed by atoms with Gasteiger partial charge in [-0.15, -0.1) is 10.2 Å². The van der Waals surface area contributed by atoms with Gasteiger partial charge in [-0.05, 0) is 30.5 Å². The second-order valence-corrected chi connectivity index (χ2v) is 8.91. The van der Waals surface area contributed by atoms with Crippen molar-refractivity contribution < 1.29 is 4.79 Å². The SMILES string of the molecule is CC(NC(=O)CCc1ccccc1)c1nnc2n1CCN(C/C(Cl)=C/c1ccccc1)CC2. The van der Waals surface area contributed by atoms with Crippen molar-refractivity contribution in [2.24, 2.45) is 0 Å². The molecule has 6 nitrogen and oxygen atoms in total. The van der Waals surface area contributed by atoms with Crippen molar-refractivity contribution in [1.82, 2.24) is 25.0 Å². The van der Waals surface area contributed by atoms with Crippen LogP contribution in [0.5, 0.6) is 0 Å². The molecule has 4 rings (SSSR count). The number of hydrogen-bond donors (Lipinski definition) is 1. The number of carbonyl (C=O) groups is 1. The van der Waals surface area contributed by atoms with Gasteiger partial charge in [0.25, 0.3) is 0 Å². The average Bonchev–Trinajstić information content (AvgIpc) is 3.13. The maximum atomic E-state index is 12.5. The van der Waals surface area contributed by atoms with E-state index in [1.54, 1.807) is 0 Å². The molecule has 33 heavy (non-hydrogen) atoms. The quantitative estimate of drug-likeness (QED) is 0.543. The number of rotatable bonds is 8. The summed E-state index contributed by atoms with van der Waals surface area (Å²) in [5.41, 5.74) is 2.27. The van der Waals surface area contributed by atoms with E-state index in [1.807, 2.05) is 73.7 Å². The molecule has 3 aromatic rings. The van der Waals surface area contributed by atoms with E-state index in [-0.39, 0.29) is 11.9 Å². The van der Waals surface area contributed by atoms with Crippen LogP contribution >= 0.6 is 11.6 Å². The van der Waals surface area contributed by atoms with Gasteiger partial charge < -0.3 is 9.88 Å². The Bertz CT molecular complexity index is 1080. The Balaban J connectivity index is 1.32. The van der Waals surface area contributed by atoms with Crippen molar-refractivity contribution in [3.63, 3.8) is 0 Å². The molecule has 7 heteroatoms. The van der Waals surface area contributed by atoms with Crippen LogP contribution in [0.3, 0.4) is 0 Å². The first-order valence-corrected chi connectivity index (χ1v) is 11.8. The predicted octanol–water partition coefficient (Wildman–Crippen LogP) is 4.23. The largest absolute Gasteiger partial charge is 0.346 e. The Morgan fingerprint density at radius 2 is 1.79 bits per heavy atom. The van der Waals surface area contributed by atoms with Crippen LogP contribution in [0, 0.1) is 0 Å². The van der Waals surface area contributed by atoms with Crippen LogP contribution in [-0.2, 0) is 24.2 Å². The van der Waals surface area contributed by atoms with Crippen LogP contribution in [0.1, 0.15) is 42.2 Å². The Kier molecular flexibility index (Phi) is 7.92. The third-order valence-electron chi connectivity index (χ3n) is 5.89. The number of carbonyl (C=O) groups excluding carboxylic acids is 1. The lowest BCUT2D eigenvalue weighted by Crippen LogP contribution is -2.30. The van der Waals surface area contributed by atoms with Gasteiger partial charge in [0.1, 0.15) is 5.82 Å². The molecule has 2 heterocycles. The lowest BCUT2D eigenvalue weighted by molar-refractivity contribution is -0.121. The highest BCUT2D eigenvalue weighted by atomic mass is 35.5. The maximum absolute atomic E-state index is 12.5. The van der Waals surface area contributed by atoms with Crippen LogP contribution in [0.25, 0.3) is 6.08 Å². The zero-order valence-electron chi connectivity index (χ0n) is 19.0. The summed E-state index contributed by atoms with van der Waals surface area (Å²) in [6, 6.07) is 20.0. The number of nitrogens with one attached hydrogen (secondary N) is 1. The van der Waals surface area contributed by atoms with Crippen LogP contribution in [0.15, 0.2) is 65.7 Å². The summed E-state index contributed by atoms with van der Waals surface area (Å²) >= 11 is 6.54. The zero-order valence-corrected chi connectivity index (χ0v) is 19.7. The zero-order chi connectivity index (χ0) is 23.0. The normalized spacial score (nSPS) is 15.5. The number of benzene rings is 2. The first kappa shape index (κ1) is 23.2. The number of amides is 1. The molecule has 2 aromatic carbocycles. The van der Waals surface area contributed by atoms with Crippen molar-refractivity contribution in [2.45, 2.75) is 38.8 Å². The molecular formula is C26H30ClN5O. The van der Waals surface area contributed by atoms with Gasteiger partial charge in [-0.2, -0.15) is 0 Å². The van der Waals surface area contributed by atoms with Crippen LogP contribution < -0.4 is 5.32 Å². The van der Waals surface area contributed by atoms with Gasteiger partial charge in [0, 0.05) is 44.1 Å². The summed E-state index contributed by atoms with van der Waals surface area (Å²) in [7, 11) is 0. The van der Waals surface area contributed by atoms with Crippen molar-refractivity contribution in [1.29, 1.82) is 0 Å². The Morgan fingerprint density at radius 1 is 1.06 bits per heavy atom. The molecule has 0 bridgehead atoms. The second kappa shape index (κ2) is 11.3. The number of hydrogen-bond acceptors (Lipinski definition) is 4. The van der Waals surface area contributed by atoms with E-state index in [9.17, 15) is 4.79 Å². The number of aromatic nitrogens is 3. The van der Waals surface area contributed by atoms with E-state index in [4.69, 9.17) is 11.6 Å². The fourth-order valence-electron chi connectivity index (χ4n) is 4.14. The molecule has 1 aliphatic rings. The predicted molar refractivity (Wildman–Crippen MR) is 132 cm³/mol. The van der Waals surface area contributed by atoms with Crippen LogP contribution in [0.4, 0.5) is 0 Å². The van der Waals surface area contributed by atoms with E-state index in [2.05, 4.69) is 25.0 Å². The van der Waals surface area contributed by atoms with Gasteiger partial charge in [0.15, 0.2) is 5.82 Å². The highest BCUT2D eigenvalue weighted by Gasteiger charge is 2.23. The molecule has 1 aromatic heterocycles. The summed E-state index contributed by atoms with van der Waals surface area (Å²) in [5.74, 6) is 1.80. The molecule has 0 aliphatic carbocycles. The molecule has 1 amide bonds. The molecule has 1 aliphatic heterocycles. The molecular weight excluding hydrogens is 434 g/mol. The van der Waals surface area contributed by atoms with E-state index < -0.39 is 0 Å². The Labute approximate surface area is 200 Å². The van der Waals surface area contributed by atoms with Gasteiger partial charge in [-0.25, -0.2) is 0 Å². The van der Waals surface area contributed by atoms with Gasteiger partial charge in [-0.1, -0.05) is 72.3 Å². The number of fused-ring (bicyclic) bond motifs is 1. The van der Waals surface area contributed by atoms with Crippen LogP contribution in [-0.4, -0.2) is 45.2 Å². The minimum Gasteiger partial charge on any atom is -0.346 e. The van der Waals surface area contributed by atoms with E-state index in [1.165, 1.54) is 0 Å². The third kappa shape index (κ3) is 6.53. The molecule has 1 unspecified atom stereocenters. The molecule has 0 saturated heterocycles. The highest BCUT2D eigenvalue weighted by Crippen LogP contribution is 2.18. The minimum absolute atomic E-state index is 0.0248. The average molecular weight is 464 g/mol. The Morgan fingerprint density at radius 3 is 2.55 bits per heavy atom. The lowest BCUT2D eigenvalue weighted by atomic mass is 10.1. The first-order valence-electron chi connectivity index (χ1n) is 11.5. The summed E-state index contributed by atoms with van der Waals surface area (Å²) in [6.07, 6.45) is 4.00. The summed E-state index contributed by atoms with van der Waals surface area (Å²) < 4.78 is 2.15. The van der Waals surface area contributed by atoms with E-state index >= 15 is 0 Å². The number of nitrogens with zero attached hydrogens (tertiary/aromatic N) is 4. The van der Waals surface area contributed by atoms with Gasteiger partial charge in [-0.3, -0.25) is 9.69 Å². The molecule has 0 spiro atoms. The van der Waals surface area contributed by atoms with Gasteiger partial charge in [0.05, 0.1) is 6.04 Å². The lowest BCUT2D eigenvalue weighted by Gasteiger charge is -2.20. The fourth-order valence-corrected chi connectivity index (χ4v) is 4.43. The summed E-state index contributed by atoms with van der Waals surface area (Å²) in [5, 5.41) is 12.7. The standard InChI is InChI=1S/C26H30ClN5O/c1-20(28-25(33)13-12-21-8-4-2-5-9-21)26-30-29-24-14-15-31(16-17-32(24)26)19-23(27)18-22-10-6-3-7-11-22/h2-11,18,20H,12-17,19H2,1H3,(H,28,33)/b23-18-. The fraction of sp³-hybridized carbons (Fsp3) is 0.346. The smallest absolute Gasteiger partial charge is 0.220 e. The second-order valence-electron chi connectivity index (χ2n) is 8.43. The summed E-state index contributed by atoms with van der Waals surface area (Å²) in [6.45, 7) is 5.17. The summed E-state index contributed by atoms with van der Waals surface area (Å²) in [4.78, 5) is 14.8. The molecule has 1 atom stereocenters. The minimum atomic E-state index is -0.192. The van der Waals surface area contributed by atoms with E-state index in [0.717, 1.165) is 60.3 Å². The molecule has 172 valence electrons. The first-order chi connectivity index (χ1) is 16.1. The molecule has 0 radical (unpaired) electrons. The van der Waals surface area contributed by atoms with Crippen molar-refractivity contribution >= 4 is 23.6 Å². The van der Waals surface area contributed by atoms with Gasteiger partial charge >= 0.3 is 0 Å². The highest BCUT2D eigenvalue weighted by molar-refractivity contribution is 6.31.